The zero-order valence-corrected chi connectivity index (χ0v) is 11.4. The summed E-state index contributed by atoms with van der Waals surface area (Å²) in [4.78, 5) is 11.9. The van der Waals surface area contributed by atoms with Gasteiger partial charge < -0.3 is 9.84 Å². The second-order valence-corrected chi connectivity index (χ2v) is 5.73. The van der Waals surface area contributed by atoms with Crippen LogP contribution in [0.1, 0.15) is 48.8 Å². The molecule has 0 aliphatic heterocycles. The van der Waals surface area contributed by atoms with Crippen LogP contribution in [0, 0.1) is 0 Å². The molecule has 19 heavy (non-hydrogen) atoms. The minimum Gasteiger partial charge on any atom is -0.496 e. The summed E-state index contributed by atoms with van der Waals surface area (Å²) in [6, 6.07) is 4.07. The number of rotatable bonds is 3. The Morgan fingerprint density at radius 1 is 1.21 bits per heavy atom. The molecule has 2 aliphatic rings. The maximum Gasteiger partial charge on any atom is 0.314 e. The lowest BCUT2D eigenvalue weighted by Crippen LogP contribution is -2.34. The normalized spacial score (nSPS) is 20.3. The molecule has 0 heterocycles. The van der Waals surface area contributed by atoms with Gasteiger partial charge in [0, 0.05) is 5.56 Å². The number of aryl methyl sites for hydroxylation is 1. The molecular weight excluding hydrogens is 240 g/mol. The Labute approximate surface area is 113 Å². The molecule has 3 nitrogen and oxygen atoms in total. The van der Waals surface area contributed by atoms with Gasteiger partial charge in [-0.05, 0) is 49.3 Å². The van der Waals surface area contributed by atoms with Gasteiger partial charge in [-0.2, -0.15) is 0 Å². The molecule has 2 aliphatic carbocycles. The Morgan fingerprint density at radius 3 is 2.58 bits per heavy atom. The van der Waals surface area contributed by atoms with Crippen LogP contribution >= 0.6 is 0 Å². The number of ether oxygens (including phenoxy) is 1. The van der Waals surface area contributed by atoms with E-state index in [1.54, 1.807) is 7.11 Å². The summed E-state index contributed by atoms with van der Waals surface area (Å²) in [6.45, 7) is 0. The third-order valence-electron chi connectivity index (χ3n) is 4.81. The molecule has 3 rings (SSSR count). The lowest BCUT2D eigenvalue weighted by molar-refractivity contribution is -0.143. The second-order valence-electron chi connectivity index (χ2n) is 5.73. The summed E-state index contributed by atoms with van der Waals surface area (Å²) in [5, 5.41) is 9.81. The van der Waals surface area contributed by atoms with E-state index in [0.717, 1.165) is 56.3 Å². The summed E-state index contributed by atoms with van der Waals surface area (Å²) >= 11 is 0. The van der Waals surface area contributed by atoms with E-state index < -0.39 is 11.4 Å². The highest BCUT2D eigenvalue weighted by Crippen LogP contribution is 2.48. The Kier molecular flexibility index (Phi) is 3.00. The molecular formula is C16H20O3. The maximum absolute atomic E-state index is 11.9. The average molecular weight is 260 g/mol. The highest BCUT2D eigenvalue weighted by molar-refractivity contribution is 5.84. The molecule has 1 aromatic rings. The number of carbonyl (C=O) groups is 1. The zero-order chi connectivity index (χ0) is 13.5. The van der Waals surface area contributed by atoms with Crippen LogP contribution in [0.2, 0.25) is 0 Å². The molecule has 1 aromatic carbocycles. The van der Waals surface area contributed by atoms with Crippen LogP contribution in [0.25, 0.3) is 0 Å². The average Bonchev–Trinajstić information content (AvgIpc) is 3.06. The van der Waals surface area contributed by atoms with E-state index in [1.165, 1.54) is 11.1 Å². The minimum atomic E-state index is -0.707. The summed E-state index contributed by atoms with van der Waals surface area (Å²) in [5.74, 6) is 0.0913. The van der Waals surface area contributed by atoms with Gasteiger partial charge in [0.05, 0.1) is 12.5 Å². The van der Waals surface area contributed by atoms with Crippen LogP contribution in [0.4, 0.5) is 0 Å². The van der Waals surface area contributed by atoms with Gasteiger partial charge in [0.2, 0.25) is 0 Å². The van der Waals surface area contributed by atoms with Crippen LogP contribution in [0.3, 0.4) is 0 Å². The van der Waals surface area contributed by atoms with Crippen molar-refractivity contribution in [2.45, 2.75) is 50.4 Å². The van der Waals surface area contributed by atoms with Gasteiger partial charge in [-0.3, -0.25) is 4.79 Å². The summed E-state index contributed by atoms with van der Waals surface area (Å²) in [5.41, 5.74) is 2.85. The van der Waals surface area contributed by atoms with Gasteiger partial charge in [0.1, 0.15) is 5.75 Å². The number of benzene rings is 1. The smallest absolute Gasteiger partial charge is 0.314 e. The Balaban J connectivity index is 2.23. The van der Waals surface area contributed by atoms with Gasteiger partial charge in [0.15, 0.2) is 0 Å². The van der Waals surface area contributed by atoms with Gasteiger partial charge in [-0.15, -0.1) is 0 Å². The fraction of sp³-hybridized carbons (Fsp3) is 0.562. The number of carboxylic acid groups (broad SMARTS) is 1. The molecule has 1 N–H and O–H groups in total. The standard InChI is InChI=1S/C16H20O3/c1-19-13-8-7-11-5-4-6-12(11)14(13)16(15(17)18)9-2-3-10-16/h7-8H,2-6,9-10H2,1H3,(H,17,18). The fourth-order valence-electron chi connectivity index (χ4n) is 3.89. The third-order valence-corrected chi connectivity index (χ3v) is 4.81. The van der Waals surface area contributed by atoms with Gasteiger partial charge in [-0.25, -0.2) is 0 Å². The molecule has 0 saturated heterocycles. The van der Waals surface area contributed by atoms with Crippen LogP contribution < -0.4 is 4.74 Å². The highest BCUT2D eigenvalue weighted by atomic mass is 16.5. The summed E-state index contributed by atoms with van der Waals surface area (Å²) in [7, 11) is 1.64. The fourth-order valence-corrected chi connectivity index (χ4v) is 3.89. The molecule has 1 fully saturated rings. The van der Waals surface area contributed by atoms with Crippen LogP contribution in [0.15, 0.2) is 12.1 Å². The van der Waals surface area contributed by atoms with Crippen molar-refractivity contribution in [1.29, 1.82) is 0 Å². The predicted molar refractivity (Wildman–Crippen MR) is 72.8 cm³/mol. The van der Waals surface area contributed by atoms with E-state index in [2.05, 4.69) is 6.07 Å². The summed E-state index contributed by atoms with van der Waals surface area (Å²) < 4.78 is 5.49. The molecule has 102 valence electrons. The Morgan fingerprint density at radius 2 is 1.95 bits per heavy atom. The second kappa shape index (κ2) is 4.55. The van der Waals surface area contributed by atoms with E-state index in [4.69, 9.17) is 4.74 Å². The van der Waals surface area contributed by atoms with Crippen LogP contribution in [0.5, 0.6) is 5.75 Å². The monoisotopic (exact) mass is 260 g/mol. The molecule has 3 heteroatoms. The number of hydrogen-bond acceptors (Lipinski definition) is 2. The van der Waals surface area contributed by atoms with Crippen molar-refractivity contribution in [3.05, 3.63) is 28.8 Å². The molecule has 1 saturated carbocycles. The van der Waals surface area contributed by atoms with Gasteiger partial charge in [0.25, 0.3) is 0 Å². The maximum atomic E-state index is 11.9. The number of carboxylic acids is 1. The molecule has 0 radical (unpaired) electrons. The SMILES string of the molecule is COc1ccc2c(c1C1(C(=O)O)CCCC1)CCC2. The zero-order valence-electron chi connectivity index (χ0n) is 11.4. The van der Waals surface area contributed by atoms with E-state index in [9.17, 15) is 9.90 Å². The number of fused-ring (bicyclic) bond motifs is 1. The number of methoxy groups -OCH3 is 1. The van der Waals surface area contributed by atoms with Crippen LogP contribution in [-0.2, 0) is 23.1 Å². The lowest BCUT2D eigenvalue weighted by Gasteiger charge is -2.29. The molecule has 0 amide bonds. The van der Waals surface area contributed by atoms with Gasteiger partial charge in [-0.1, -0.05) is 18.9 Å². The first-order valence-corrected chi connectivity index (χ1v) is 7.12. The molecule has 0 atom stereocenters. The van der Waals surface area contributed by atoms with Crippen molar-refractivity contribution in [1.82, 2.24) is 0 Å². The lowest BCUT2D eigenvalue weighted by atomic mass is 9.75. The van der Waals surface area contributed by atoms with Crippen LogP contribution in [-0.4, -0.2) is 18.2 Å². The van der Waals surface area contributed by atoms with E-state index >= 15 is 0 Å². The van der Waals surface area contributed by atoms with Crippen molar-refractivity contribution < 1.29 is 14.6 Å². The largest absolute Gasteiger partial charge is 0.496 e. The molecule has 0 spiro atoms. The minimum absolute atomic E-state index is 0.677. The van der Waals surface area contributed by atoms with E-state index in [-0.39, 0.29) is 0 Å². The molecule has 0 aromatic heterocycles. The van der Waals surface area contributed by atoms with E-state index in [0.29, 0.717) is 0 Å². The van der Waals surface area contributed by atoms with Crippen molar-refractivity contribution in [3.63, 3.8) is 0 Å². The number of aliphatic carboxylic acids is 1. The van der Waals surface area contributed by atoms with E-state index in [1.807, 2.05) is 6.07 Å². The van der Waals surface area contributed by atoms with Crippen molar-refractivity contribution >= 4 is 5.97 Å². The summed E-state index contributed by atoms with van der Waals surface area (Å²) in [6.07, 6.45) is 6.69. The predicted octanol–water partition coefficient (Wildman–Crippen LogP) is 3.08. The van der Waals surface area contributed by atoms with Crippen molar-refractivity contribution in [3.8, 4) is 5.75 Å². The Hall–Kier alpha value is -1.51. The van der Waals surface area contributed by atoms with Crippen molar-refractivity contribution in [2.24, 2.45) is 0 Å². The van der Waals surface area contributed by atoms with Crippen molar-refractivity contribution in [2.75, 3.05) is 7.11 Å². The first-order valence-electron chi connectivity index (χ1n) is 7.12. The quantitative estimate of drug-likeness (QED) is 0.908. The highest BCUT2D eigenvalue weighted by Gasteiger charge is 2.46. The first-order chi connectivity index (χ1) is 9.19. The third kappa shape index (κ3) is 1.75. The molecule has 0 bridgehead atoms. The molecule has 0 unspecified atom stereocenters. The number of hydrogen-bond donors (Lipinski definition) is 1. The Bertz CT molecular complexity index is 513. The topological polar surface area (TPSA) is 46.5 Å². The first kappa shape index (κ1) is 12.5. The van der Waals surface area contributed by atoms with Gasteiger partial charge >= 0.3 is 5.97 Å².